The van der Waals surface area contributed by atoms with Crippen LogP contribution in [-0.2, 0) is 11.2 Å². The second-order valence-electron chi connectivity index (χ2n) is 6.74. The number of hydrogen-bond donors (Lipinski definition) is 0. The average Bonchev–Trinajstić information content (AvgIpc) is 2.66. The molecule has 0 saturated heterocycles. The van der Waals surface area contributed by atoms with E-state index in [1.165, 1.54) is 5.56 Å². The van der Waals surface area contributed by atoms with Crippen molar-refractivity contribution in [2.75, 3.05) is 0 Å². The molecular weight excluding hydrogens is 308 g/mol. The minimum Gasteiger partial charge on any atom is -0.459 e. The van der Waals surface area contributed by atoms with Gasteiger partial charge in [0.1, 0.15) is 6.10 Å². The molecule has 2 nitrogen and oxygen atoms in total. The van der Waals surface area contributed by atoms with Crippen LogP contribution in [0, 0.1) is 0 Å². The second-order valence-corrected chi connectivity index (χ2v) is 6.74. The van der Waals surface area contributed by atoms with E-state index in [1.54, 1.807) is 0 Å². The Bertz CT molecular complexity index is 648. The van der Waals surface area contributed by atoms with Gasteiger partial charge in [0, 0.05) is 0 Å². The fourth-order valence-electron chi connectivity index (χ4n) is 3.10. The number of hydrogen-bond acceptors (Lipinski definition) is 2. The molecule has 0 aliphatic heterocycles. The van der Waals surface area contributed by atoms with Crippen molar-refractivity contribution in [2.45, 2.75) is 64.9 Å². The molecule has 2 rings (SSSR count). The van der Waals surface area contributed by atoms with Crippen molar-refractivity contribution in [3.05, 3.63) is 71.3 Å². The highest BCUT2D eigenvalue weighted by Crippen LogP contribution is 2.24. The van der Waals surface area contributed by atoms with Gasteiger partial charge in [-0.15, -0.1) is 0 Å². The summed E-state index contributed by atoms with van der Waals surface area (Å²) in [7, 11) is 0. The first-order valence-corrected chi connectivity index (χ1v) is 9.49. The van der Waals surface area contributed by atoms with Crippen LogP contribution in [0.5, 0.6) is 0 Å². The van der Waals surface area contributed by atoms with Gasteiger partial charge in [0.25, 0.3) is 0 Å². The molecule has 0 aromatic heterocycles. The van der Waals surface area contributed by atoms with Crippen LogP contribution in [0.2, 0.25) is 0 Å². The van der Waals surface area contributed by atoms with Crippen molar-refractivity contribution in [1.29, 1.82) is 0 Å². The van der Waals surface area contributed by atoms with Crippen LogP contribution in [0.25, 0.3) is 0 Å². The molecule has 2 aromatic carbocycles. The molecule has 2 aromatic rings. The highest BCUT2D eigenvalue weighted by atomic mass is 16.5. The number of carbonyl (C=O) groups excluding carboxylic acids is 1. The third-order valence-electron chi connectivity index (χ3n) is 4.81. The summed E-state index contributed by atoms with van der Waals surface area (Å²) in [5.74, 6) is 0.181. The lowest BCUT2D eigenvalue weighted by atomic mass is 9.94. The Labute approximate surface area is 152 Å². The van der Waals surface area contributed by atoms with Crippen molar-refractivity contribution < 1.29 is 9.53 Å². The number of rotatable bonds is 9. The lowest BCUT2D eigenvalue weighted by Crippen LogP contribution is -2.20. The summed E-state index contributed by atoms with van der Waals surface area (Å²) < 4.78 is 5.90. The number of aryl methyl sites for hydroxylation is 1. The normalized spacial score (nSPS) is 13.2. The molecule has 0 amide bonds. The van der Waals surface area contributed by atoms with Crippen LogP contribution in [0.15, 0.2) is 54.6 Å². The Morgan fingerprint density at radius 3 is 2.32 bits per heavy atom. The third-order valence-corrected chi connectivity index (χ3v) is 4.81. The molecular formula is C23H30O2. The maximum Gasteiger partial charge on any atom is 0.338 e. The maximum atomic E-state index is 12.8. The highest BCUT2D eigenvalue weighted by Gasteiger charge is 2.19. The van der Waals surface area contributed by atoms with Crippen LogP contribution in [0.1, 0.15) is 73.9 Å². The van der Waals surface area contributed by atoms with E-state index >= 15 is 0 Å². The molecule has 0 radical (unpaired) electrons. The maximum absolute atomic E-state index is 12.8. The topological polar surface area (TPSA) is 26.3 Å². The van der Waals surface area contributed by atoms with E-state index in [1.807, 2.05) is 30.3 Å². The van der Waals surface area contributed by atoms with Gasteiger partial charge < -0.3 is 4.74 Å². The first kappa shape index (κ1) is 19.2. The molecule has 0 bridgehead atoms. The van der Waals surface area contributed by atoms with Crippen molar-refractivity contribution in [3.8, 4) is 0 Å². The molecule has 0 heterocycles. The van der Waals surface area contributed by atoms with Crippen molar-refractivity contribution in [3.63, 3.8) is 0 Å². The Morgan fingerprint density at radius 2 is 1.64 bits per heavy atom. The van der Waals surface area contributed by atoms with Crippen molar-refractivity contribution in [1.82, 2.24) is 0 Å². The van der Waals surface area contributed by atoms with Gasteiger partial charge in [0.05, 0.1) is 5.56 Å². The summed E-state index contributed by atoms with van der Waals surface area (Å²) in [6, 6.07) is 18.2. The minimum absolute atomic E-state index is 0.0253. The monoisotopic (exact) mass is 338 g/mol. The van der Waals surface area contributed by atoms with E-state index in [4.69, 9.17) is 4.74 Å². The first-order chi connectivity index (χ1) is 12.2. The van der Waals surface area contributed by atoms with E-state index in [2.05, 4.69) is 45.0 Å². The number of benzene rings is 2. The first-order valence-electron chi connectivity index (χ1n) is 9.49. The molecule has 0 aliphatic rings. The smallest absolute Gasteiger partial charge is 0.338 e. The molecule has 2 atom stereocenters. The van der Waals surface area contributed by atoms with Crippen LogP contribution in [-0.4, -0.2) is 12.1 Å². The molecule has 2 heteroatoms. The SMILES string of the molecule is CCCC(CCc1ccccc1)OC(=O)c1ccccc1C(C)CC. The zero-order valence-corrected chi connectivity index (χ0v) is 15.7. The van der Waals surface area contributed by atoms with E-state index in [0.717, 1.165) is 43.2 Å². The summed E-state index contributed by atoms with van der Waals surface area (Å²) in [4.78, 5) is 12.8. The van der Waals surface area contributed by atoms with E-state index < -0.39 is 0 Å². The predicted molar refractivity (Wildman–Crippen MR) is 104 cm³/mol. The quantitative estimate of drug-likeness (QED) is 0.512. The fourth-order valence-corrected chi connectivity index (χ4v) is 3.10. The molecule has 25 heavy (non-hydrogen) atoms. The van der Waals surface area contributed by atoms with Gasteiger partial charge in [-0.2, -0.15) is 0 Å². The van der Waals surface area contributed by atoms with Gasteiger partial charge >= 0.3 is 5.97 Å². The standard InChI is InChI=1S/C23H30O2/c1-4-11-20(17-16-19-12-7-6-8-13-19)25-23(24)22-15-10-9-14-21(22)18(3)5-2/h6-10,12-15,18,20H,4-5,11,16-17H2,1-3H3. The van der Waals surface area contributed by atoms with Crippen molar-refractivity contribution in [2.24, 2.45) is 0 Å². The molecule has 0 spiro atoms. The van der Waals surface area contributed by atoms with Gasteiger partial charge in [0.15, 0.2) is 0 Å². The van der Waals surface area contributed by atoms with Crippen LogP contribution in [0.3, 0.4) is 0 Å². The Hall–Kier alpha value is -2.09. The highest BCUT2D eigenvalue weighted by molar-refractivity contribution is 5.91. The molecule has 2 unspecified atom stereocenters. The van der Waals surface area contributed by atoms with Gasteiger partial charge in [-0.05, 0) is 48.8 Å². The lowest BCUT2D eigenvalue weighted by molar-refractivity contribution is 0.0259. The summed E-state index contributed by atoms with van der Waals surface area (Å²) in [5.41, 5.74) is 3.10. The van der Waals surface area contributed by atoms with Gasteiger partial charge in [0.2, 0.25) is 0 Å². The Balaban J connectivity index is 2.05. The fraction of sp³-hybridized carbons (Fsp3) is 0.435. The average molecular weight is 338 g/mol. The van der Waals surface area contributed by atoms with E-state index in [0.29, 0.717) is 5.92 Å². The van der Waals surface area contributed by atoms with E-state index in [-0.39, 0.29) is 12.1 Å². The predicted octanol–water partition coefficient (Wildman–Crippen LogP) is 6.16. The van der Waals surface area contributed by atoms with Crippen LogP contribution >= 0.6 is 0 Å². The van der Waals surface area contributed by atoms with Crippen LogP contribution in [0.4, 0.5) is 0 Å². The molecule has 0 saturated carbocycles. The summed E-state index contributed by atoms with van der Waals surface area (Å²) >= 11 is 0. The number of esters is 1. The third kappa shape index (κ3) is 5.74. The summed E-state index contributed by atoms with van der Waals surface area (Å²) in [5, 5.41) is 0. The Kier molecular flexibility index (Phi) is 7.72. The molecule has 0 N–H and O–H groups in total. The van der Waals surface area contributed by atoms with E-state index in [9.17, 15) is 4.79 Å². The number of ether oxygens (including phenoxy) is 1. The lowest BCUT2D eigenvalue weighted by Gasteiger charge is -2.20. The Morgan fingerprint density at radius 1 is 0.960 bits per heavy atom. The largest absolute Gasteiger partial charge is 0.459 e. The summed E-state index contributed by atoms with van der Waals surface area (Å²) in [6.07, 6.45) is 4.71. The number of carbonyl (C=O) groups is 1. The van der Waals surface area contributed by atoms with Gasteiger partial charge in [-0.25, -0.2) is 4.79 Å². The zero-order chi connectivity index (χ0) is 18.1. The molecule has 0 aliphatic carbocycles. The molecule has 134 valence electrons. The summed E-state index contributed by atoms with van der Waals surface area (Å²) in [6.45, 7) is 6.44. The minimum atomic E-state index is -0.178. The van der Waals surface area contributed by atoms with Gasteiger partial charge in [-0.1, -0.05) is 75.7 Å². The molecule has 0 fully saturated rings. The van der Waals surface area contributed by atoms with Gasteiger partial charge in [-0.3, -0.25) is 0 Å². The second kappa shape index (κ2) is 10.0. The van der Waals surface area contributed by atoms with Crippen LogP contribution < -0.4 is 0 Å². The van der Waals surface area contributed by atoms with Crippen molar-refractivity contribution >= 4 is 5.97 Å². The zero-order valence-electron chi connectivity index (χ0n) is 15.7.